The highest BCUT2D eigenvalue weighted by molar-refractivity contribution is 8.13. The Bertz CT molecular complexity index is 502. The topological polar surface area (TPSA) is 107 Å². The number of nitrogens with zero attached hydrogens (tertiary/aromatic N) is 1. The van der Waals surface area contributed by atoms with Crippen molar-refractivity contribution in [1.82, 2.24) is 0 Å². The molecule has 0 amide bonds. The number of rotatable bonds is 5. The monoisotopic (exact) mass is 298 g/mol. The zero-order valence-corrected chi connectivity index (χ0v) is 11.9. The van der Waals surface area contributed by atoms with Gasteiger partial charge in [0.25, 0.3) is 0 Å². The predicted octanol–water partition coefficient (Wildman–Crippen LogP) is 1.52. The van der Waals surface area contributed by atoms with E-state index in [2.05, 4.69) is 0 Å². The summed E-state index contributed by atoms with van der Waals surface area (Å²) in [6.07, 6.45) is -2.29. The molecule has 19 heavy (non-hydrogen) atoms. The first kappa shape index (κ1) is 15.9. The number of thiocyanates is 1. The summed E-state index contributed by atoms with van der Waals surface area (Å²) in [6, 6.07) is 4.80. The van der Waals surface area contributed by atoms with Crippen molar-refractivity contribution in [3.8, 4) is 5.40 Å². The van der Waals surface area contributed by atoms with Gasteiger partial charge in [0.05, 0.1) is 6.10 Å². The third-order valence-electron chi connectivity index (χ3n) is 2.36. The van der Waals surface area contributed by atoms with Crippen LogP contribution in [0.5, 0.6) is 0 Å². The second-order valence-electron chi connectivity index (χ2n) is 3.80. The second kappa shape index (κ2) is 7.40. The van der Waals surface area contributed by atoms with E-state index < -0.39 is 12.2 Å². The van der Waals surface area contributed by atoms with Gasteiger partial charge in [-0.1, -0.05) is 11.8 Å². The number of hydrogen-bond donors (Lipinski definition) is 3. The van der Waals surface area contributed by atoms with E-state index in [1.165, 1.54) is 6.92 Å². The van der Waals surface area contributed by atoms with E-state index in [1.807, 2.05) is 5.40 Å². The average Bonchev–Trinajstić information content (AvgIpc) is 2.37. The summed E-state index contributed by atoms with van der Waals surface area (Å²) in [5.41, 5.74) is 6.44. The van der Waals surface area contributed by atoms with Gasteiger partial charge in [-0.3, -0.25) is 4.79 Å². The maximum Gasteiger partial charge on any atom is 0.185 e. The van der Waals surface area contributed by atoms with Gasteiger partial charge in [-0.2, -0.15) is 5.26 Å². The Labute approximate surface area is 119 Å². The number of nitrogens with two attached hydrogens (primary N) is 1. The average molecular weight is 298 g/mol. The molecule has 4 N–H and O–H groups in total. The summed E-state index contributed by atoms with van der Waals surface area (Å²) in [5.74, 6) is 0.0888. The number of thioether (sulfide) groups is 2. The first-order chi connectivity index (χ1) is 8.95. The molecule has 7 heteroatoms. The van der Waals surface area contributed by atoms with Crippen LogP contribution in [0.2, 0.25) is 0 Å². The van der Waals surface area contributed by atoms with Crippen LogP contribution in [0.25, 0.3) is 0 Å². The van der Waals surface area contributed by atoms with Crippen LogP contribution >= 0.6 is 23.5 Å². The Hall–Kier alpha value is -1.20. The van der Waals surface area contributed by atoms with E-state index in [-0.39, 0.29) is 10.9 Å². The molecule has 0 aliphatic heterocycles. The van der Waals surface area contributed by atoms with Crippen LogP contribution < -0.4 is 5.73 Å². The third kappa shape index (κ3) is 4.76. The number of benzene rings is 1. The number of nitriles is 1. The van der Waals surface area contributed by atoms with Crippen molar-refractivity contribution in [1.29, 1.82) is 5.26 Å². The van der Waals surface area contributed by atoms with Gasteiger partial charge in [-0.05, 0) is 30.0 Å². The number of carbonyl (C=O) groups is 1. The van der Waals surface area contributed by atoms with Gasteiger partial charge in [-0.15, -0.1) is 0 Å². The van der Waals surface area contributed by atoms with Crippen molar-refractivity contribution in [3.63, 3.8) is 0 Å². The quantitative estimate of drug-likeness (QED) is 0.429. The van der Waals surface area contributed by atoms with Gasteiger partial charge in [0.2, 0.25) is 0 Å². The molecule has 0 aliphatic rings. The smallest absolute Gasteiger partial charge is 0.185 e. The van der Waals surface area contributed by atoms with E-state index in [0.717, 1.165) is 23.5 Å². The lowest BCUT2D eigenvalue weighted by Gasteiger charge is -2.19. The fourth-order valence-electron chi connectivity index (χ4n) is 1.43. The summed E-state index contributed by atoms with van der Waals surface area (Å²) in [6.45, 7) is 1.39. The Balaban J connectivity index is 2.85. The minimum Gasteiger partial charge on any atom is -0.398 e. The fraction of sp³-hybridized carbons (Fsp3) is 0.333. The van der Waals surface area contributed by atoms with Crippen LogP contribution in [0.4, 0.5) is 5.69 Å². The molecular formula is C12H14N2O3S2. The molecule has 5 nitrogen and oxygen atoms in total. The Morgan fingerprint density at radius 1 is 1.53 bits per heavy atom. The highest BCUT2D eigenvalue weighted by Crippen LogP contribution is 2.29. The van der Waals surface area contributed by atoms with Crippen molar-refractivity contribution < 1.29 is 15.0 Å². The van der Waals surface area contributed by atoms with E-state index in [1.54, 1.807) is 18.2 Å². The van der Waals surface area contributed by atoms with Gasteiger partial charge in [0.15, 0.2) is 5.12 Å². The Morgan fingerprint density at radius 2 is 2.21 bits per heavy atom. The van der Waals surface area contributed by atoms with Crippen LogP contribution in [-0.2, 0) is 4.79 Å². The minimum absolute atomic E-state index is 0.0888. The summed E-state index contributed by atoms with van der Waals surface area (Å²) in [5, 5.41) is 30.2. The zero-order valence-electron chi connectivity index (χ0n) is 10.2. The van der Waals surface area contributed by atoms with Crippen LogP contribution in [0, 0.1) is 10.7 Å². The van der Waals surface area contributed by atoms with Crippen molar-refractivity contribution >= 4 is 34.3 Å². The highest BCUT2D eigenvalue weighted by atomic mass is 32.2. The predicted molar refractivity (Wildman–Crippen MR) is 76.4 cm³/mol. The van der Waals surface area contributed by atoms with Gasteiger partial charge >= 0.3 is 0 Å². The molecule has 0 fully saturated rings. The van der Waals surface area contributed by atoms with Gasteiger partial charge < -0.3 is 15.9 Å². The molecule has 1 aromatic carbocycles. The molecule has 0 saturated heterocycles. The largest absolute Gasteiger partial charge is 0.398 e. The van der Waals surface area contributed by atoms with Crippen molar-refractivity contribution in [3.05, 3.63) is 23.8 Å². The van der Waals surface area contributed by atoms with E-state index >= 15 is 0 Å². The van der Waals surface area contributed by atoms with Crippen LogP contribution in [-0.4, -0.2) is 27.2 Å². The summed E-state index contributed by atoms with van der Waals surface area (Å²) in [7, 11) is 0. The van der Waals surface area contributed by atoms with E-state index in [0.29, 0.717) is 16.1 Å². The number of carbonyl (C=O) groups excluding carboxylic acids is 1. The number of nitrogen functional groups attached to an aromatic ring is 1. The number of aliphatic hydroxyl groups excluding tert-OH is 2. The van der Waals surface area contributed by atoms with Crippen molar-refractivity contribution in [2.75, 3.05) is 11.5 Å². The molecule has 0 bridgehead atoms. The van der Waals surface area contributed by atoms with E-state index in [9.17, 15) is 15.0 Å². The molecule has 102 valence electrons. The fourth-order valence-corrected chi connectivity index (χ4v) is 2.44. The molecule has 0 aromatic heterocycles. The molecule has 1 aromatic rings. The van der Waals surface area contributed by atoms with Gasteiger partial charge in [0.1, 0.15) is 11.5 Å². The van der Waals surface area contributed by atoms with Gasteiger partial charge in [-0.25, -0.2) is 0 Å². The second-order valence-corrected chi connectivity index (χ2v) is 5.85. The van der Waals surface area contributed by atoms with E-state index in [4.69, 9.17) is 11.0 Å². The van der Waals surface area contributed by atoms with Crippen LogP contribution in [0.3, 0.4) is 0 Å². The first-order valence-electron chi connectivity index (χ1n) is 5.40. The molecule has 0 aliphatic carbocycles. The standard InChI is InChI=1S/C12H14N2O3S2/c1-7(15)18-5-11(16)12(17)9-4-8(19-6-13)2-3-10(9)14/h2-4,11-12,16-17H,5,14H2,1H3. The molecule has 0 heterocycles. The number of anilines is 1. The maximum absolute atomic E-state index is 10.8. The zero-order chi connectivity index (χ0) is 14.4. The third-order valence-corrected chi connectivity index (χ3v) is 3.86. The molecule has 1 rings (SSSR count). The molecule has 0 radical (unpaired) electrons. The SMILES string of the molecule is CC(=O)SCC(O)C(O)c1cc(SC#N)ccc1N. The Kier molecular flexibility index (Phi) is 6.18. The van der Waals surface area contributed by atoms with Crippen LogP contribution in [0.15, 0.2) is 23.1 Å². The molecule has 0 spiro atoms. The first-order valence-corrected chi connectivity index (χ1v) is 7.20. The van der Waals surface area contributed by atoms with Gasteiger partial charge in [0, 0.05) is 28.8 Å². The molecular weight excluding hydrogens is 284 g/mol. The lowest BCUT2D eigenvalue weighted by molar-refractivity contribution is -0.109. The summed E-state index contributed by atoms with van der Waals surface area (Å²) < 4.78 is 0. The normalized spacial score (nSPS) is 13.6. The molecule has 2 atom stereocenters. The maximum atomic E-state index is 10.8. The number of aliphatic hydroxyl groups is 2. The van der Waals surface area contributed by atoms with Crippen molar-refractivity contribution in [2.45, 2.75) is 24.0 Å². The number of hydrogen-bond acceptors (Lipinski definition) is 7. The lowest BCUT2D eigenvalue weighted by atomic mass is 10.0. The highest BCUT2D eigenvalue weighted by Gasteiger charge is 2.21. The lowest BCUT2D eigenvalue weighted by Crippen LogP contribution is -2.22. The summed E-state index contributed by atoms with van der Waals surface area (Å²) in [4.78, 5) is 11.5. The van der Waals surface area contributed by atoms with Crippen molar-refractivity contribution in [2.24, 2.45) is 0 Å². The Morgan fingerprint density at radius 3 is 2.79 bits per heavy atom. The summed E-state index contributed by atoms with van der Waals surface area (Å²) >= 11 is 1.88. The minimum atomic E-state index is -1.19. The van der Waals surface area contributed by atoms with Crippen LogP contribution in [0.1, 0.15) is 18.6 Å². The molecule has 2 unspecified atom stereocenters. The molecule has 0 saturated carbocycles.